The normalized spacial score (nSPS) is 10.6. The van der Waals surface area contributed by atoms with Crippen LogP contribution in [0.3, 0.4) is 0 Å². The summed E-state index contributed by atoms with van der Waals surface area (Å²) in [5.74, 6) is -0.825. The number of carbonyl (C=O) groups is 2. The lowest BCUT2D eigenvalue weighted by atomic mass is 10.1. The molecule has 10 heteroatoms. The maximum absolute atomic E-state index is 12.4. The number of non-ortho nitro benzene ring substituents is 1. The van der Waals surface area contributed by atoms with Crippen molar-refractivity contribution in [1.29, 1.82) is 5.26 Å². The Labute approximate surface area is 180 Å². The van der Waals surface area contributed by atoms with Crippen molar-refractivity contribution in [3.05, 3.63) is 68.2 Å². The van der Waals surface area contributed by atoms with E-state index in [0.717, 1.165) is 0 Å². The van der Waals surface area contributed by atoms with Gasteiger partial charge in [0, 0.05) is 17.8 Å². The molecule has 154 valence electrons. The van der Waals surface area contributed by atoms with E-state index in [9.17, 15) is 25.0 Å². The third kappa shape index (κ3) is 6.42. The molecule has 0 aliphatic carbocycles. The van der Waals surface area contributed by atoms with Gasteiger partial charge in [0.1, 0.15) is 17.4 Å². The van der Waals surface area contributed by atoms with Gasteiger partial charge in [-0.05, 0) is 52.7 Å². The first-order chi connectivity index (χ1) is 14.3. The van der Waals surface area contributed by atoms with Gasteiger partial charge in [0.2, 0.25) is 0 Å². The van der Waals surface area contributed by atoms with Crippen molar-refractivity contribution < 1.29 is 24.0 Å². The van der Waals surface area contributed by atoms with Gasteiger partial charge in [0.05, 0.1) is 16.0 Å². The zero-order valence-electron chi connectivity index (χ0n) is 15.8. The summed E-state index contributed by atoms with van der Waals surface area (Å²) in [4.78, 5) is 34.0. The topological polar surface area (TPSA) is 132 Å². The van der Waals surface area contributed by atoms with Crippen LogP contribution in [0.5, 0.6) is 5.75 Å². The van der Waals surface area contributed by atoms with Gasteiger partial charge in [-0.3, -0.25) is 14.9 Å². The van der Waals surface area contributed by atoms with Crippen molar-refractivity contribution in [3.8, 4) is 11.8 Å². The first-order valence-electron chi connectivity index (χ1n) is 8.59. The number of hydrogen-bond donors (Lipinski definition) is 1. The number of nitro groups is 1. The molecule has 0 unspecified atom stereocenters. The third-order valence-corrected chi connectivity index (χ3v) is 4.22. The zero-order chi connectivity index (χ0) is 22.1. The number of carbonyl (C=O) groups excluding carboxylic acids is 2. The Morgan fingerprint density at radius 2 is 2.07 bits per heavy atom. The lowest BCUT2D eigenvalue weighted by molar-refractivity contribution is -0.384. The van der Waals surface area contributed by atoms with E-state index in [2.05, 4.69) is 21.2 Å². The average Bonchev–Trinajstić information content (AvgIpc) is 2.71. The van der Waals surface area contributed by atoms with Crippen LogP contribution in [0.15, 0.2) is 52.5 Å². The Balaban J connectivity index is 2.13. The molecular weight excluding hydrogens is 458 g/mol. The third-order valence-electron chi connectivity index (χ3n) is 3.60. The Hall–Kier alpha value is -3.71. The fourth-order valence-electron chi connectivity index (χ4n) is 2.27. The second-order valence-electron chi connectivity index (χ2n) is 5.71. The van der Waals surface area contributed by atoms with E-state index in [0.29, 0.717) is 15.8 Å². The number of nitro benzene ring substituents is 1. The van der Waals surface area contributed by atoms with Gasteiger partial charge in [-0.15, -0.1) is 0 Å². The summed E-state index contributed by atoms with van der Waals surface area (Å²) in [5, 5.41) is 22.6. The van der Waals surface area contributed by atoms with Crippen LogP contribution in [-0.4, -0.2) is 30.0 Å². The molecule has 0 fully saturated rings. The molecule has 0 radical (unpaired) electrons. The van der Waals surface area contributed by atoms with Gasteiger partial charge in [-0.1, -0.05) is 12.1 Å². The number of esters is 1. The van der Waals surface area contributed by atoms with Crippen LogP contribution in [0, 0.1) is 21.4 Å². The lowest BCUT2D eigenvalue weighted by Crippen LogP contribution is -2.14. The van der Waals surface area contributed by atoms with Crippen molar-refractivity contribution in [3.63, 3.8) is 0 Å². The van der Waals surface area contributed by atoms with Crippen molar-refractivity contribution in [2.75, 3.05) is 18.5 Å². The summed E-state index contributed by atoms with van der Waals surface area (Å²) in [6.07, 6.45) is 1.35. The molecule has 2 aromatic rings. The molecular formula is C20H16BrN3O6. The molecule has 2 aromatic carbocycles. The van der Waals surface area contributed by atoms with E-state index in [-0.39, 0.29) is 30.2 Å². The minimum atomic E-state index is -0.711. The Morgan fingerprint density at radius 3 is 2.70 bits per heavy atom. The highest BCUT2D eigenvalue weighted by Crippen LogP contribution is 2.27. The number of amides is 1. The molecule has 30 heavy (non-hydrogen) atoms. The molecule has 9 nitrogen and oxygen atoms in total. The van der Waals surface area contributed by atoms with E-state index in [1.807, 2.05) is 0 Å². The first-order valence-corrected chi connectivity index (χ1v) is 9.39. The summed E-state index contributed by atoms with van der Waals surface area (Å²) in [6.45, 7) is 1.69. The number of benzene rings is 2. The summed E-state index contributed by atoms with van der Waals surface area (Å²) >= 11 is 3.31. The van der Waals surface area contributed by atoms with Gasteiger partial charge < -0.3 is 14.8 Å². The van der Waals surface area contributed by atoms with Crippen molar-refractivity contribution >= 4 is 45.3 Å². The number of nitriles is 1. The van der Waals surface area contributed by atoms with Crippen LogP contribution in [0.2, 0.25) is 0 Å². The second-order valence-corrected chi connectivity index (χ2v) is 6.57. The molecule has 0 heterocycles. The average molecular weight is 474 g/mol. The van der Waals surface area contributed by atoms with Gasteiger partial charge in [-0.2, -0.15) is 5.26 Å². The standard InChI is InChI=1S/C20H16BrN3O6/c1-2-29-19(25)12-30-18-7-6-13(9-17(18)21)8-14(11-22)20(26)23-15-4-3-5-16(10-15)24(27)28/h3-10H,2,12H2,1H3,(H,23,26)/b14-8+. The lowest BCUT2D eigenvalue weighted by Gasteiger charge is -2.08. The van der Waals surface area contributed by atoms with Crippen molar-refractivity contribution in [2.24, 2.45) is 0 Å². The SMILES string of the molecule is CCOC(=O)COc1ccc(/C=C(\C#N)C(=O)Nc2cccc([N+](=O)[O-])c2)cc1Br. The minimum absolute atomic E-state index is 0.183. The molecule has 0 atom stereocenters. The summed E-state index contributed by atoms with van der Waals surface area (Å²) in [6, 6.07) is 12.0. The monoisotopic (exact) mass is 473 g/mol. The van der Waals surface area contributed by atoms with Crippen LogP contribution >= 0.6 is 15.9 Å². The predicted octanol–water partition coefficient (Wildman–Crippen LogP) is 3.84. The van der Waals surface area contributed by atoms with Crippen LogP contribution in [0.1, 0.15) is 12.5 Å². The number of rotatable bonds is 8. The minimum Gasteiger partial charge on any atom is -0.481 e. The maximum atomic E-state index is 12.4. The van der Waals surface area contributed by atoms with E-state index < -0.39 is 16.8 Å². The fourth-order valence-corrected chi connectivity index (χ4v) is 2.79. The maximum Gasteiger partial charge on any atom is 0.344 e. The van der Waals surface area contributed by atoms with E-state index in [4.69, 9.17) is 9.47 Å². The first kappa shape index (κ1) is 22.6. The molecule has 0 bridgehead atoms. The molecule has 0 aromatic heterocycles. The van der Waals surface area contributed by atoms with Crippen LogP contribution in [0.4, 0.5) is 11.4 Å². The largest absolute Gasteiger partial charge is 0.481 e. The highest BCUT2D eigenvalue weighted by atomic mass is 79.9. The van der Waals surface area contributed by atoms with Gasteiger partial charge >= 0.3 is 5.97 Å². The molecule has 0 aliphatic heterocycles. The second kappa shape index (κ2) is 10.7. The highest BCUT2D eigenvalue weighted by Gasteiger charge is 2.13. The van der Waals surface area contributed by atoms with Crippen molar-refractivity contribution in [1.82, 2.24) is 0 Å². The van der Waals surface area contributed by atoms with Crippen LogP contribution in [0.25, 0.3) is 6.08 Å². The molecule has 1 amide bonds. The quantitative estimate of drug-likeness (QED) is 0.202. The summed E-state index contributed by atoms with van der Waals surface area (Å²) in [7, 11) is 0. The predicted molar refractivity (Wildman–Crippen MR) is 112 cm³/mol. The highest BCUT2D eigenvalue weighted by molar-refractivity contribution is 9.10. The van der Waals surface area contributed by atoms with E-state index in [1.54, 1.807) is 31.2 Å². The van der Waals surface area contributed by atoms with Gasteiger partial charge in [0.25, 0.3) is 11.6 Å². The molecule has 0 saturated carbocycles. The Morgan fingerprint density at radius 1 is 1.30 bits per heavy atom. The number of nitrogens with zero attached hydrogens (tertiary/aromatic N) is 2. The number of ether oxygens (including phenoxy) is 2. The van der Waals surface area contributed by atoms with Gasteiger partial charge in [-0.25, -0.2) is 4.79 Å². The smallest absolute Gasteiger partial charge is 0.344 e. The number of halogens is 1. The Bertz CT molecular complexity index is 1050. The molecule has 2 rings (SSSR count). The van der Waals surface area contributed by atoms with E-state index in [1.165, 1.54) is 30.3 Å². The molecule has 0 spiro atoms. The number of anilines is 1. The van der Waals surface area contributed by atoms with Gasteiger partial charge in [0.15, 0.2) is 6.61 Å². The molecule has 0 aliphatic rings. The van der Waals surface area contributed by atoms with Crippen LogP contribution < -0.4 is 10.1 Å². The zero-order valence-corrected chi connectivity index (χ0v) is 17.3. The Kier molecular flexibility index (Phi) is 8.08. The van der Waals surface area contributed by atoms with E-state index >= 15 is 0 Å². The van der Waals surface area contributed by atoms with Crippen LogP contribution in [-0.2, 0) is 14.3 Å². The number of nitrogens with one attached hydrogen (secondary N) is 1. The number of hydrogen-bond acceptors (Lipinski definition) is 7. The summed E-state index contributed by atoms with van der Waals surface area (Å²) in [5.41, 5.74) is 0.335. The molecule has 0 saturated heterocycles. The molecule has 1 N–H and O–H groups in total. The van der Waals surface area contributed by atoms with Crippen molar-refractivity contribution in [2.45, 2.75) is 6.92 Å². The fraction of sp³-hybridized carbons (Fsp3) is 0.150. The summed E-state index contributed by atoms with van der Waals surface area (Å²) < 4.78 is 10.6.